The zero-order chi connectivity index (χ0) is 18.3. The minimum atomic E-state index is -0.240. The van der Waals surface area contributed by atoms with Crippen LogP contribution in [0.3, 0.4) is 0 Å². The molecule has 1 aromatic carbocycles. The van der Waals surface area contributed by atoms with Crippen LogP contribution in [0.25, 0.3) is 11.5 Å². The van der Waals surface area contributed by atoms with E-state index in [1.807, 2.05) is 29.7 Å². The molecule has 0 saturated heterocycles. The first-order chi connectivity index (χ1) is 12.6. The average molecular weight is 388 g/mol. The van der Waals surface area contributed by atoms with Crippen molar-refractivity contribution < 1.29 is 4.79 Å². The van der Waals surface area contributed by atoms with E-state index >= 15 is 0 Å². The molecule has 2 aromatic heterocycles. The van der Waals surface area contributed by atoms with Crippen LogP contribution >= 0.6 is 23.2 Å². The molecule has 0 fully saturated rings. The second-order valence-corrected chi connectivity index (χ2v) is 6.81. The molecule has 4 rings (SSSR count). The van der Waals surface area contributed by atoms with Crippen LogP contribution in [0.2, 0.25) is 10.0 Å². The Kier molecular flexibility index (Phi) is 4.38. The van der Waals surface area contributed by atoms with E-state index in [2.05, 4.69) is 15.2 Å². The number of aromatic nitrogens is 4. The first-order valence-corrected chi connectivity index (χ1v) is 8.93. The molecule has 6 nitrogen and oxygen atoms in total. The van der Waals surface area contributed by atoms with Crippen molar-refractivity contribution in [2.45, 2.75) is 19.5 Å². The van der Waals surface area contributed by atoms with E-state index < -0.39 is 0 Å². The Balaban J connectivity index is 1.67. The third-order valence-electron chi connectivity index (χ3n) is 4.52. The van der Waals surface area contributed by atoms with Gasteiger partial charge in [-0.25, -0.2) is 0 Å². The van der Waals surface area contributed by atoms with Crippen molar-refractivity contribution in [2.24, 2.45) is 0 Å². The van der Waals surface area contributed by atoms with Gasteiger partial charge in [0.1, 0.15) is 5.69 Å². The van der Waals surface area contributed by atoms with Gasteiger partial charge in [0.2, 0.25) is 0 Å². The SMILES string of the molecule is C[C@@H]1c2nnc(-c3ccccn3)n2CCN1C(=O)c1cccc(Cl)c1Cl. The van der Waals surface area contributed by atoms with Crippen molar-refractivity contribution in [3.05, 3.63) is 64.0 Å². The minimum Gasteiger partial charge on any atom is -0.327 e. The Morgan fingerprint density at radius 2 is 1.96 bits per heavy atom. The number of carbonyl (C=O) groups is 1. The van der Waals surface area contributed by atoms with Gasteiger partial charge >= 0.3 is 0 Å². The highest BCUT2D eigenvalue weighted by atomic mass is 35.5. The molecular weight excluding hydrogens is 373 g/mol. The highest BCUT2D eigenvalue weighted by Gasteiger charge is 2.33. The van der Waals surface area contributed by atoms with Crippen LogP contribution in [0.15, 0.2) is 42.6 Å². The Labute approximate surface area is 160 Å². The fraction of sp³-hybridized carbons (Fsp3) is 0.222. The summed E-state index contributed by atoms with van der Waals surface area (Å²) >= 11 is 12.3. The maximum absolute atomic E-state index is 13.0. The molecular formula is C18H15Cl2N5O. The molecule has 1 aliphatic rings. The summed E-state index contributed by atoms with van der Waals surface area (Å²) in [6.45, 7) is 3.04. The van der Waals surface area contributed by atoms with Crippen molar-refractivity contribution >= 4 is 29.1 Å². The third-order valence-corrected chi connectivity index (χ3v) is 5.34. The molecule has 1 aliphatic heterocycles. The number of hydrogen-bond donors (Lipinski definition) is 0. The molecule has 1 amide bonds. The molecule has 0 spiro atoms. The average Bonchev–Trinajstić information content (AvgIpc) is 3.09. The summed E-state index contributed by atoms with van der Waals surface area (Å²) < 4.78 is 2.01. The normalized spacial score (nSPS) is 16.4. The lowest BCUT2D eigenvalue weighted by Crippen LogP contribution is -2.41. The number of fused-ring (bicyclic) bond motifs is 1. The first-order valence-electron chi connectivity index (χ1n) is 8.17. The molecule has 26 heavy (non-hydrogen) atoms. The molecule has 8 heteroatoms. The molecule has 0 unspecified atom stereocenters. The lowest BCUT2D eigenvalue weighted by Gasteiger charge is -2.34. The predicted octanol–water partition coefficient (Wildman–Crippen LogP) is 3.86. The van der Waals surface area contributed by atoms with E-state index in [0.717, 1.165) is 11.5 Å². The van der Waals surface area contributed by atoms with Crippen molar-refractivity contribution in [3.63, 3.8) is 0 Å². The number of benzene rings is 1. The van der Waals surface area contributed by atoms with Crippen molar-refractivity contribution in [2.75, 3.05) is 6.54 Å². The third kappa shape index (κ3) is 2.75. The van der Waals surface area contributed by atoms with Crippen LogP contribution < -0.4 is 0 Å². The maximum atomic E-state index is 13.0. The van der Waals surface area contributed by atoms with E-state index in [1.165, 1.54) is 0 Å². The highest BCUT2D eigenvalue weighted by Crippen LogP contribution is 2.32. The molecule has 132 valence electrons. The number of amides is 1. The number of hydrogen-bond acceptors (Lipinski definition) is 4. The molecule has 3 aromatic rings. The largest absolute Gasteiger partial charge is 0.327 e. The quantitative estimate of drug-likeness (QED) is 0.669. The summed E-state index contributed by atoms with van der Waals surface area (Å²) in [6.07, 6.45) is 1.72. The topological polar surface area (TPSA) is 63.9 Å². The zero-order valence-corrected chi connectivity index (χ0v) is 15.4. The molecule has 0 N–H and O–H groups in total. The smallest absolute Gasteiger partial charge is 0.256 e. The van der Waals surface area contributed by atoms with Crippen molar-refractivity contribution in [1.29, 1.82) is 0 Å². The van der Waals surface area contributed by atoms with Crippen LogP contribution in [0.5, 0.6) is 0 Å². The van der Waals surface area contributed by atoms with Gasteiger partial charge in [0.15, 0.2) is 11.6 Å². The number of halogens is 2. The van der Waals surface area contributed by atoms with E-state index in [0.29, 0.717) is 29.5 Å². The predicted molar refractivity (Wildman–Crippen MR) is 99.2 cm³/mol. The van der Waals surface area contributed by atoms with Gasteiger partial charge in [-0.2, -0.15) is 0 Å². The molecule has 3 heterocycles. The van der Waals surface area contributed by atoms with Gasteiger partial charge in [-0.3, -0.25) is 9.78 Å². The van der Waals surface area contributed by atoms with Crippen molar-refractivity contribution in [3.8, 4) is 11.5 Å². The number of nitrogens with zero attached hydrogens (tertiary/aromatic N) is 5. The fourth-order valence-electron chi connectivity index (χ4n) is 3.17. The van der Waals surface area contributed by atoms with Crippen LogP contribution in [-0.2, 0) is 6.54 Å². The van der Waals surface area contributed by atoms with Gasteiger partial charge < -0.3 is 9.47 Å². The van der Waals surface area contributed by atoms with Crippen LogP contribution in [-0.4, -0.2) is 37.1 Å². The van der Waals surface area contributed by atoms with E-state index in [-0.39, 0.29) is 17.0 Å². The molecule has 0 radical (unpaired) electrons. The van der Waals surface area contributed by atoms with E-state index in [4.69, 9.17) is 23.2 Å². The summed E-state index contributed by atoms with van der Waals surface area (Å²) in [6, 6.07) is 10.5. The fourth-order valence-corrected chi connectivity index (χ4v) is 3.55. The maximum Gasteiger partial charge on any atom is 0.256 e. The van der Waals surface area contributed by atoms with E-state index in [9.17, 15) is 4.79 Å². The highest BCUT2D eigenvalue weighted by molar-refractivity contribution is 6.43. The van der Waals surface area contributed by atoms with Crippen LogP contribution in [0.1, 0.15) is 29.1 Å². The van der Waals surface area contributed by atoms with Crippen molar-refractivity contribution in [1.82, 2.24) is 24.6 Å². The molecule has 0 bridgehead atoms. The summed E-state index contributed by atoms with van der Waals surface area (Å²) in [5.74, 6) is 1.27. The Bertz CT molecular complexity index is 973. The molecule has 0 saturated carbocycles. The summed E-state index contributed by atoms with van der Waals surface area (Å²) in [7, 11) is 0. The zero-order valence-electron chi connectivity index (χ0n) is 13.9. The lowest BCUT2D eigenvalue weighted by atomic mass is 10.1. The standard InChI is InChI=1S/C18H15Cl2N5O/c1-11-16-22-23-17(14-7-2-3-8-21-14)25(16)10-9-24(11)18(26)12-5-4-6-13(19)15(12)20/h2-8,11H,9-10H2,1H3/t11-/m1/s1. The van der Waals surface area contributed by atoms with Crippen LogP contribution in [0, 0.1) is 0 Å². The van der Waals surface area contributed by atoms with Gasteiger partial charge in [0.05, 0.1) is 21.7 Å². The number of rotatable bonds is 2. The molecule has 0 aliphatic carbocycles. The second-order valence-electron chi connectivity index (χ2n) is 6.02. The number of pyridine rings is 1. The monoisotopic (exact) mass is 387 g/mol. The van der Waals surface area contributed by atoms with E-state index in [1.54, 1.807) is 29.3 Å². The number of carbonyl (C=O) groups excluding carboxylic acids is 1. The molecule has 1 atom stereocenters. The minimum absolute atomic E-state index is 0.168. The summed E-state index contributed by atoms with van der Waals surface area (Å²) in [5, 5.41) is 9.22. The van der Waals surface area contributed by atoms with Crippen LogP contribution in [0.4, 0.5) is 0 Å². The van der Waals surface area contributed by atoms with Gasteiger partial charge in [-0.15, -0.1) is 10.2 Å². The summed E-state index contributed by atoms with van der Waals surface area (Å²) in [4.78, 5) is 19.1. The van der Waals surface area contributed by atoms with Gasteiger partial charge in [-0.1, -0.05) is 35.3 Å². The van der Waals surface area contributed by atoms with Gasteiger partial charge in [-0.05, 0) is 31.2 Å². The Morgan fingerprint density at radius 1 is 1.12 bits per heavy atom. The Hall–Kier alpha value is -2.44. The van der Waals surface area contributed by atoms with Gasteiger partial charge in [0.25, 0.3) is 5.91 Å². The second kappa shape index (κ2) is 6.70. The first kappa shape index (κ1) is 17.0. The summed E-state index contributed by atoms with van der Waals surface area (Å²) in [5.41, 5.74) is 1.15. The lowest BCUT2D eigenvalue weighted by molar-refractivity contribution is 0.0638. The van der Waals surface area contributed by atoms with Gasteiger partial charge in [0, 0.05) is 19.3 Å². The Morgan fingerprint density at radius 3 is 2.73 bits per heavy atom.